The molecule has 7 nitrogen and oxygen atoms in total. The molecule has 9 heteroatoms. The molecule has 0 spiro atoms. The minimum Gasteiger partial charge on any atom is -0.444 e. The van der Waals surface area contributed by atoms with E-state index in [0.29, 0.717) is 16.3 Å². The summed E-state index contributed by atoms with van der Waals surface area (Å²) < 4.78 is 33.0. The second kappa shape index (κ2) is 9.11. The topological polar surface area (TPSA) is 101 Å². The monoisotopic (exact) mass is 459 g/mol. The van der Waals surface area contributed by atoms with E-state index in [0.717, 1.165) is 25.7 Å². The molecule has 2 aromatic carbocycles. The Balaban J connectivity index is 1.43. The summed E-state index contributed by atoms with van der Waals surface area (Å²) in [7, 11) is -3.76. The summed E-state index contributed by atoms with van der Waals surface area (Å²) in [5, 5.41) is 3.35. The minimum atomic E-state index is -3.76. The molecule has 0 aliphatic heterocycles. The van der Waals surface area contributed by atoms with E-state index < -0.39 is 10.0 Å². The van der Waals surface area contributed by atoms with Gasteiger partial charge in [0.1, 0.15) is 6.26 Å². The molecule has 1 amide bonds. The molecule has 1 aliphatic rings. The van der Waals surface area contributed by atoms with E-state index >= 15 is 0 Å². The summed E-state index contributed by atoms with van der Waals surface area (Å²) >= 11 is 5.88. The molecule has 1 saturated carbocycles. The van der Waals surface area contributed by atoms with Crippen LogP contribution in [0.2, 0.25) is 5.02 Å². The molecular formula is C22H22ClN3O4S. The van der Waals surface area contributed by atoms with Crippen molar-refractivity contribution in [2.45, 2.75) is 43.0 Å². The van der Waals surface area contributed by atoms with E-state index in [2.05, 4.69) is 15.0 Å². The van der Waals surface area contributed by atoms with Gasteiger partial charge in [0.05, 0.1) is 4.90 Å². The average molecular weight is 460 g/mol. The zero-order valence-corrected chi connectivity index (χ0v) is 18.2. The molecule has 0 unspecified atom stereocenters. The number of oxazole rings is 1. The van der Waals surface area contributed by atoms with Gasteiger partial charge in [-0.25, -0.2) is 13.4 Å². The van der Waals surface area contributed by atoms with E-state index in [1.807, 2.05) is 0 Å². The summed E-state index contributed by atoms with van der Waals surface area (Å²) in [4.78, 5) is 16.8. The zero-order valence-electron chi connectivity index (χ0n) is 16.7. The normalized spacial score (nSPS) is 14.9. The Labute approximate surface area is 185 Å². The Morgan fingerprint density at radius 1 is 1.06 bits per heavy atom. The summed E-state index contributed by atoms with van der Waals surface area (Å²) in [5.41, 5.74) is 1.24. The van der Waals surface area contributed by atoms with Crippen LogP contribution in [0.15, 0.2) is 64.1 Å². The molecule has 1 aromatic heterocycles. The summed E-state index contributed by atoms with van der Waals surface area (Å²) in [6, 6.07) is 12.8. The Morgan fingerprint density at radius 3 is 2.52 bits per heavy atom. The van der Waals surface area contributed by atoms with Crippen molar-refractivity contribution in [3.63, 3.8) is 0 Å². The number of nitrogens with zero attached hydrogens (tertiary/aromatic N) is 1. The molecule has 1 fully saturated rings. The minimum absolute atomic E-state index is 0.0744. The van der Waals surface area contributed by atoms with Crippen LogP contribution in [0.25, 0.3) is 11.5 Å². The summed E-state index contributed by atoms with van der Waals surface area (Å²) in [6.45, 7) is 0. The van der Waals surface area contributed by atoms with Crippen molar-refractivity contribution in [1.82, 2.24) is 10.3 Å². The Morgan fingerprint density at radius 2 is 1.81 bits per heavy atom. The molecule has 0 atom stereocenters. The first kappa shape index (κ1) is 21.4. The molecule has 0 radical (unpaired) electrons. The molecule has 2 N–H and O–H groups in total. The Bertz CT molecular complexity index is 1170. The molecule has 0 saturated heterocycles. The first-order chi connectivity index (χ1) is 14.9. The van der Waals surface area contributed by atoms with Crippen molar-refractivity contribution in [2.24, 2.45) is 0 Å². The van der Waals surface area contributed by atoms with Gasteiger partial charge in [-0.1, -0.05) is 36.9 Å². The van der Waals surface area contributed by atoms with Gasteiger partial charge in [0.2, 0.25) is 5.89 Å². The van der Waals surface area contributed by atoms with Crippen LogP contribution in [0.3, 0.4) is 0 Å². The number of halogens is 1. The first-order valence-corrected chi connectivity index (χ1v) is 11.9. The fourth-order valence-electron chi connectivity index (χ4n) is 3.55. The highest BCUT2D eigenvalue weighted by Crippen LogP contribution is 2.24. The number of nitrogens with one attached hydrogen (secondary N) is 2. The first-order valence-electron chi connectivity index (χ1n) is 10.1. The Hall–Kier alpha value is -2.84. The number of anilines is 1. The number of carbonyl (C=O) groups is 1. The van der Waals surface area contributed by atoms with Gasteiger partial charge in [0.25, 0.3) is 15.9 Å². The number of rotatable bonds is 6. The van der Waals surface area contributed by atoms with Crippen LogP contribution in [0, 0.1) is 0 Å². The number of aromatic nitrogens is 1. The molecule has 162 valence electrons. The largest absolute Gasteiger partial charge is 0.444 e. The third-order valence-electron chi connectivity index (χ3n) is 5.17. The third-order valence-corrected chi connectivity index (χ3v) is 6.78. The maximum Gasteiger partial charge on any atom is 0.273 e. The van der Waals surface area contributed by atoms with Gasteiger partial charge in [-0.2, -0.15) is 0 Å². The fourth-order valence-corrected chi connectivity index (χ4v) is 4.91. The van der Waals surface area contributed by atoms with Gasteiger partial charge in [0.15, 0.2) is 5.69 Å². The predicted octanol–water partition coefficient (Wildman–Crippen LogP) is 4.86. The lowest BCUT2D eigenvalue weighted by Crippen LogP contribution is -2.36. The third kappa shape index (κ3) is 5.26. The lowest BCUT2D eigenvalue weighted by Gasteiger charge is -2.22. The van der Waals surface area contributed by atoms with Gasteiger partial charge >= 0.3 is 0 Å². The van der Waals surface area contributed by atoms with Crippen molar-refractivity contribution in [2.75, 3.05) is 4.72 Å². The molecule has 4 rings (SSSR count). The van der Waals surface area contributed by atoms with Crippen molar-refractivity contribution in [1.29, 1.82) is 0 Å². The van der Waals surface area contributed by atoms with Crippen molar-refractivity contribution in [3.8, 4) is 11.5 Å². The molecule has 3 aromatic rings. The maximum absolute atomic E-state index is 12.5. The van der Waals surface area contributed by atoms with Crippen molar-refractivity contribution < 1.29 is 17.6 Å². The van der Waals surface area contributed by atoms with Crippen LogP contribution in [-0.4, -0.2) is 25.4 Å². The summed E-state index contributed by atoms with van der Waals surface area (Å²) in [5.74, 6) is 0.0471. The number of amides is 1. The van der Waals surface area contributed by atoms with Gasteiger partial charge in [-0.3, -0.25) is 9.52 Å². The Kier molecular flexibility index (Phi) is 6.29. The van der Waals surface area contributed by atoms with Gasteiger partial charge in [-0.15, -0.1) is 0 Å². The van der Waals surface area contributed by atoms with E-state index in [1.54, 1.807) is 36.4 Å². The molecule has 1 heterocycles. The van der Waals surface area contributed by atoms with Crippen LogP contribution >= 0.6 is 11.6 Å². The molecule has 1 aliphatic carbocycles. The van der Waals surface area contributed by atoms with E-state index in [4.69, 9.17) is 16.0 Å². The van der Waals surface area contributed by atoms with Crippen LogP contribution in [-0.2, 0) is 10.0 Å². The lowest BCUT2D eigenvalue weighted by atomic mass is 9.95. The van der Waals surface area contributed by atoms with E-state index in [-0.39, 0.29) is 28.4 Å². The van der Waals surface area contributed by atoms with E-state index in [1.165, 1.54) is 24.8 Å². The van der Waals surface area contributed by atoms with Crippen LogP contribution in [0.5, 0.6) is 0 Å². The van der Waals surface area contributed by atoms with Crippen molar-refractivity contribution >= 4 is 33.2 Å². The highest BCUT2D eigenvalue weighted by Gasteiger charge is 2.20. The van der Waals surface area contributed by atoms with Gasteiger partial charge < -0.3 is 9.73 Å². The lowest BCUT2D eigenvalue weighted by molar-refractivity contribution is 0.0922. The molecule has 0 bridgehead atoms. The fraction of sp³-hybridized carbons (Fsp3) is 0.273. The summed E-state index contributed by atoms with van der Waals surface area (Å²) in [6.07, 6.45) is 6.78. The zero-order chi connectivity index (χ0) is 21.8. The number of benzene rings is 2. The standard InChI is InChI=1S/C22H22ClN3O4S/c23-16-5-4-8-19(13-16)31(28,29)26-18-11-9-15(10-12-18)22-25-20(14-30-22)21(27)24-17-6-2-1-3-7-17/h4-5,8-14,17,26H,1-3,6-7H2,(H,24,27). The SMILES string of the molecule is O=C(NC1CCCCC1)c1coc(-c2ccc(NS(=O)(=O)c3cccc(Cl)c3)cc2)n1. The number of carbonyl (C=O) groups excluding carboxylic acids is 1. The highest BCUT2D eigenvalue weighted by molar-refractivity contribution is 7.92. The highest BCUT2D eigenvalue weighted by atomic mass is 35.5. The second-order valence-corrected chi connectivity index (χ2v) is 9.61. The quantitative estimate of drug-likeness (QED) is 0.548. The van der Waals surface area contributed by atoms with E-state index in [9.17, 15) is 13.2 Å². The van der Waals surface area contributed by atoms with Gasteiger partial charge in [0, 0.05) is 22.3 Å². The van der Waals surface area contributed by atoms with Crippen LogP contribution in [0.1, 0.15) is 42.6 Å². The van der Waals surface area contributed by atoms with Crippen molar-refractivity contribution in [3.05, 3.63) is 65.5 Å². The number of hydrogen-bond donors (Lipinski definition) is 2. The molecular weight excluding hydrogens is 438 g/mol. The average Bonchev–Trinajstić information content (AvgIpc) is 3.25. The number of sulfonamides is 1. The maximum atomic E-state index is 12.5. The molecule has 31 heavy (non-hydrogen) atoms. The van der Waals surface area contributed by atoms with Crippen LogP contribution in [0.4, 0.5) is 5.69 Å². The number of hydrogen-bond acceptors (Lipinski definition) is 5. The van der Waals surface area contributed by atoms with Crippen LogP contribution < -0.4 is 10.0 Å². The van der Waals surface area contributed by atoms with Gasteiger partial charge in [-0.05, 0) is 55.3 Å². The second-order valence-electron chi connectivity index (χ2n) is 7.49. The smallest absolute Gasteiger partial charge is 0.273 e. The predicted molar refractivity (Wildman–Crippen MR) is 119 cm³/mol.